The van der Waals surface area contributed by atoms with E-state index in [1.807, 2.05) is 46.8 Å². The second kappa shape index (κ2) is 7.20. The third kappa shape index (κ3) is 7.62. The van der Waals surface area contributed by atoms with Crippen LogP contribution in [0.3, 0.4) is 0 Å². The summed E-state index contributed by atoms with van der Waals surface area (Å²) in [5.74, 6) is -0.890. The molecule has 116 valence electrons. The Hall–Kier alpha value is -0.910. The summed E-state index contributed by atoms with van der Waals surface area (Å²) in [4.78, 5) is 11.4. The van der Waals surface area contributed by atoms with Crippen molar-refractivity contribution in [2.24, 2.45) is 0 Å². The predicted octanol–water partition coefficient (Wildman–Crippen LogP) is 2.44. The zero-order chi connectivity index (χ0) is 15.2. The van der Waals surface area contributed by atoms with Crippen molar-refractivity contribution in [3.8, 4) is 0 Å². The molecule has 20 heavy (non-hydrogen) atoms. The first-order valence-corrected chi connectivity index (χ1v) is 6.96. The smallest absolute Gasteiger partial charge is 0.332 e. The van der Waals surface area contributed by atoms with Crippen molar-refractivity contribution in [2.45, 2.75) is 58.5 Å². The van der Waals surface area contributed by atoms with E-state index >= 15 is 0 Å². The van der Waals surface area contributed by atoms with Crippen molar-refractivity contribution in [2.75, 3.05) is 19.8 Å². The highest BCUT2D eigenvalue weighted by Gasteiger charge is 2.27. The second-order valence-corrected chi connectivity index (χ2v) is 6.22. The van der Waals surface area contributed by atoms with Crippen LogP contribution in [0.4, 0.5) is 0 Å². The first-order chi connectivity index (χ1) is 9.18. The van der Waals surface area contributed by atoms with Gasteiger partial charge < -0.3 is 18.9 Å². The Labute approximate surface area is 121 Å². The van der Waals surface area contributed by atoms with Gasteiger partial charge in [-0.2, -0.15) is 0 Å². The normalized spacial score (nSPS) is 22.9. The van der Waals surface area contributed by atoms with E-state index in [0.717, 1.165) is 6.42 Å². The molecule has 1 aliphatic rings. The molecule has 5 nitrogen and oxygen atoms in total. The van der Waals surface area contributed by atoms with E-state index in [4.69, 9.17) is 18.9 Å². The zero-order valence-corrected chi connectivity index (χ0v) is 13.1. The van der Waals surface area contributed by atoms with E-state index in [1.165, 1.54) is 0 Å². The topological polar surface area (TPSA) is 54.0 Å². The van der Waals surface area contributed by atoms with Crippen LogP contribution in [-0.4, -0.2) is 43.3 Å². The highest BCUT2D eigenvalue weighted by molar-refractivity contribution is 5.71. The summed E-state index contributed by atoms with van der Waals surface area (Å²) in [7, 11) is 0. The van der Waals surface area contributed by atoms with Crippen molar-refractivity contribution in [1.29, 1.82) is 0 Å². The Balaban J connectivity index is 2.18. The monoisotopic (exact) mass is 286 g/mol. The molecular formula is C15H26O5. The Kier molecular flexibility index (Phi) is 6.17. The Morgan fingerprint density at radius 3 is 2.70 bits per heavy atom. The first kappa shape index (κ1) is 17.1. The minimum Gasteiger partial charge on any atom is -0.458 e. The fraction of sp³-hybridized carbons (Fsp3) is 0.800. The highest BCUT2D eigenvalue weighted by atomic mass is 16.7. The van der Waals surface area contributed by atoms with Gasteiger partial charge in [-0.3, -0.25) is 0 Å². The van der Waals surface area contributed by atoms with Crippen LogP contribution in [0.1, 0.15) is 41.0 Å². The van der Waals surface area contributed by atoms with E-state index in [1.54, 1.807) is 0 Å². The Morgan fingerprint density at radius 1 is 1.40 bits per heavy atom. The molecule has 5 heteroatoms. The maximum absolute atomic E-state index is 11.4. The van der Waals surface area contributed by atoms with Gasteiger partial charge in [-0.1, -0.05) is 12.2 Å². The molecule has 0 aromatic rings. The third-order valence-electron chi connectivity index (χ3n) is 2.49. The molecule has 0 amide bonds. The molecule has 0 aliphatic carbocycles. The van der Waals surface area contributed by atoms with Crippen LogP contribution >= 0.6 is 0 Å². The van der Waals surface area contributed by atoms with Crippen molar-refractivity contribution in [3.63, 3.8) is 0 Å². The summed E-state index contributed by atoms with van der Waals surface area (Å²) < 4.78 is 21.5. The standard InChI is InChI=1S/C15H26O5/c1-14(2,3)20-13(16)11-17-9-6-7-12-8-10-18-15(4,5)19-12/h6-7,12H,8-11H2,1-5H3/b7-6-/t12-/m1/s1. The molecule has 0 saturated carbocycles. The van der Waals surface area contributed by atoms with E-state index < -0.39 is 11.4 Å². The van der Waals surface area contributed by atoms with Gasteiger partial charge in [0.1, 0.15) is 12.2 Å². The predicted molar refractivity (Wildman–Crippen MR) is 75.3 cm³/mol. The number of carbonyl (C=O) groups excluding carboxylic acids is 1. The number of hydrogen-bond acceptors (Lipinski definition) is 5. The first-order valence-electron chi connectivity index (χ1n) is 6.96. The molecule has 0 aromatic heterocycles. The SMILES string of the molecule is CC(C)(C)OC(=O)COC/C=C\[C@@H]1CCOC(C)(C)O1. The molecule has 0 N–H and O–H groups in total. The van der Waals surface area contributed by atoms with E-state index in [0.29, 0.717) is 13.2 Å². The van der Waals surface area contributed by atoms with Gasteiger partial charge in [0.05, 0.1) is 19.3 Å². The van der Waals surface area contributed by atoms with E-state index in [9.17, 15) is 4.79 Å². The molecule has 1 rings (SSSR count). The van der Waals surface area contributed by atoms with Gasteiger partial charge in [0, 0.05) is 6.42 Å². The molecule has 1 saturated heterocycles. The van der Waals surface area contributed by atoms with Gasteiger partial charge in [-0.25, -0.2) is 4.79 Å². The van der Waals surface area contributed by atoms with Crippen molar-refractivity contribution in [1.82, 2.24) is 0 Å². The number of esters is 1. The molecule has 0 spiro atoms. The number of ether oxygens (including phenoxy) is 4. The van der Waals surface area contributed by atoms with Gasteiger partial charge in [0.2, 0.25) is 0 Å². The maximum Gasteiger partial charge on any atom is 0.332 e. The third-order valence-corrected chi connectivity index (χ3v) is 2.49. The summed E-state index contributed by atoms with van der Waals surface area (Å²) in [6, 6.07) is 0. The minimum absolute atomic E-state index is 0.0314. The summed E-state index contributed by atoms with van der Waals surface area (Å²) >= 11 is 0. The maximum atomic E-state index is 11.4. The van der Waals surface area contributed by atoms with Crippen LogP contribution in [0.2, 0.25) is 0 Å². The van der Waals surface area contributed by atoms with Crippen molar-refractivity contribution < 1.29 is 23.7 Å². The highest BCUT2D eigenvalue weighted by Crippen LogP contribution is 2.22. The Bertz CT molecular complexity index is 341. The number of hydrogen-bond donors (Lipinski definition) is 0. The van der Waals surface area contributed by atoms with E-state index in [2.05, 4.69) is 0 Å². The van der Waals surface area contributed by atoms with Crippen LogP contribution in [0, 0.1) is 0 Å². The lowest BCUT2D eigenvalue weighted by atomic mass is 10.2. The quantitative estimate of drug-likeness (QED) is 0.441. The molecular weight excluding hydrogens is 260 g/mol. The summed E-state index contributed by atoms with van der Waals surface area (Å²) in [6.07, 6.45) is 4.66. The van der Waals surface area contributed by atoms with Crippen LogP contribution in [0.5, 0.6) is 0 Å². The van der Waals surface area contributed by atoms with Crippen LogP contribution in [0.25, 0.3) is 0 Å². The number of carbonyl (C=O) groups is 1. The van der Waals surface area contributed by atoms with Gasteiger partial charge in [0.15, 0.2) is 5.79 Å². The van der Waals surface area contributed by atoms with Crippen LogP contribution < -0.4 is 0 Å². The molecule has 0 unspecified atom stereocenters. The lowest BCUT2D eigenvalue weighted by molar-refractivity contribution is -0.262. The molecule has 1 aliphatic heterocycles. The van der Waals surface area contributed by atoms with Gasteiger partial charge in [-0.15, -0.1) is 0 Å². The fourth-order valence-electron chi connectivity index (χ4n) is 1.80. The van der Waals surface area contributed by atoms with Crippen LogP contribution in [-0.2, 0) is 23.7 Å². The van der Waals surface area contributed by atoms with Gasteiger partial charge >= 0.3 is 5.97 Å². The summed E-state index contributed by atoms with van der Waals surface area (Å²) in [5.41, 5.74) is -0.474. The second-order valence-electron chi connectivity index (χ2n) is 6.22. The fourth-order valence-corrected chi connectivity index (χ4v) is 1.80. The molecule has 1 fully saturated rings. The molecule has 0 radical (unpaired) electrons. The molecule has 0 bridgehead atoms. The lowest BCUT2D eigenvalue weighted by Crippen LogP contribution is -2.38. The van der Waals surface area contributed by atoms with Crippen LogP contribution in [0.15, 0.2) is 12.2 Å². The number of rotatable bonds is 5. The van der Waals surface area contributed by atoms with Gasteiger partial charge in [-0.05, 0) is 34.6 Å². The van der Waals surface area contributed by atoms with Crippen molar-refractivity contribution in [3.05, 3.63) is 12.2 Å². The average molecular weight is 286 g/mol. The molecule has 0 aromatic carbocycles. The zero-order valence-electron chi connectivity index (χ0n) is 13.1. The van der Waals surface area contributed by atoms with Gasteiger partial charge in [0.25, 0.3) is 0 Å². The largest absolute Gasteiger partial charge is 0.458 e. The van der Waals surface area contributed by atoms with Crippen molar-refractivity contribution >= 4 is 5.97 Å². The average Bonchev–Trinajstić information content (AvgIpc) is 2.24. The van der Waals surface area contributed by atoms with E-state index in [-0.39, 0.29) is 18.7 Å². The molecule has 1 atom stereocenters. The minimum atomic E-state index is -0.537. The Morgan fingerprint density at radius 2 is 2.10 bits per heavy atom. The summed E-state index contributed by atoms with van der Waals surface area (Å²) in [5, 5.41) is 0. The summed E-state index contributed by atoms with van der Waals surface area (Å²) in [6.45, 7) is 10.3. The lowest BCUT2D eigenvalue weighted by Gasteiger charge is -2.34. The molecule has 1 heterocycles.